The van der Waals surface area contributed by atoms with Crippen molar-refractivity contribution in [2.45, 2.75) is 6.92 Å². The number of fused-ring (bicyclic) bond motifs is 1. The molecule has 0 radical (unpaired) electrons. The number of nitrogens with zero attached hydrogens (tertiary/aromatic N) is 2. The smallest absolute Gasteiger partial charge is 0.0703 e. The number of anilines is 1. The number of aromatic nitrogens is 1. The Bertz CT molecular complexity index is 538. The van der Waals surface area contributed by atoms with E-state index in [9.17, 15) is 0 Å². The summed E-state index contributed by atoms with van der Waals surface area (Å²) >= 11 is 0. The van der Waals surface area contributed by atoms with Crippen LogP contribution in [0.15, 0.2) is 36.5 Å². The van der Waals surface area contributed by atoms with Crippen LogP contribution in [0.1, 0.15) is 6.92 Å². The van der Waals surface area contributed by atoms with Gasteiger partial charge in [-0.15, -0.1) is 0 Å². The van der Waals surface area contributed by atoms with E-state index >= 15 is 0 Å². The van der Waals surface area contributed by atoms with Crippen molar-refractivity contribution < 1.29 is 0 Å². The maximum absolute atomic E-state index is 4.55. The molecule has 1 aliphatic rings. The molecule has 0 spiro atoms. The Kier molecular flexibility index (Phi) is 3.15. The molecule has 0 bridgehead atoms. The van der Waals surface area contributed by atoms with E-state index in [2.05, 4.69) is 46.4 Å². The van der Waals surface area contributed by atoms with Gasteiger partial charge in [-0.05, 0) is 24.6 Å². The summed E-state index contributed by atoms with van der Waals surface area (Å²) < 4.78 is 0. The van der Waals surface area contributed by atoms with Crippen molar-refractivity contribution in [3.05, 3.63) is 36.5 Å². The predicted octanol–water partition coefficient (Wildman–Crippen LogP) is 2.28. The molecule has 0 aliphatic carbocycles. The highest BCUT2D eigenvalue weighted by molar-refractivity contribution is 5.81. The molecule has 1 atom stereocenters. The molecule has 1 aromatic heterocycles. The van der Waals surface area contributed by atoms with E-state index in [4.69, 9.17) is 0 Å². The zero-order valence-electron chi connectivity index (χ0n) is 10.8. The number of pyridine rings is 1. The maximum atomic E-state index is 4.55. The molecule has 1 unspecified atom stereocenters. The second kappa shape index (κ2) is 4.94. The molecule has 3 rings (SSSR count). The zero-order chi connectivity index (χ0) is 12.4. The Morgan fingerprint density at radius 3 is 3.17 bits per heavy atom. The first-order valence-corrected chi connectivity index (χ1v) is 6.63. The van der Waals surface area contributed by atoms with Gasteiger partial charge in [0.25, 0.3) is 0 Å². The molecule has 0 saturated carbocycles. The summed E-state index contributed by atoms with van der Waals surface area (Å²) in [5.74, 6) is 0.680. The van der Waals surface area contributed by atoms with Crippen molar-refractivity contribution >= 4 is 16.6 Å². The highest BCUT2D eigenvalue weighted by Gasteiger charge is 2.15. The first kappa shape index (κ1) is 11.5. The molecule has 1 aliphatic heterocycles. The average molecular weight is 241 g/mol. The van der Waals surface area contributed by atoms with E-state index in [0.29, 0.717) is 5.92 Å². The molecule has 1 saturated heterocycles. The molecule has 18 heavy (non-hydrogen) atoms. The lowest BCUT2D eigenvalue weighted by Crippen LogP contribution is -2.29. The van der Waals surface area contributed by atoms with Crippen molar-refractivity contribution in [1.82, 2.24) is 10.3 Å². The standard InChI is InChI=1S/C15H19N3/c1-12-9-16-6-7-18(11-12)14-8-13-4-2-3-5-15(13)17-10-14/h2-5,8,10,12,16H,6-7,9,11H2,1H3. The normalized spacial score (nSPS) is 20.9. The van der Waals surface area contributed by atoms with Gasteiger partial charge in [-0.3, -0.25) is 4.98 Å². The van der Waals surface area contributed by atoms with Crippen molar-refractivity contribution in [3.8, 4) is 0 Å². The van der Waals surface area contributed by atoms with Gasteiger partial charge in [0.05, 0.1) is 17.4 Å². The van der Waals surface area contributed by atoms with Gasteiger partial charge in [0.2, 0.25) is 0 Å². The van der Waals surface area contributed by atoms with Gasteiger partial charge in [-0.2, -0.15) is 0 Å². The van der Waals surface area contributed by atoms with Crippen LogP contribution in [0.2, 0.25) is 0 Å². The summed E-state index contributed by atoms with van der Waals surface area (Å²) in [4.78, 5) is 6.98. The minimum absolute atomic E-state index is 0.680. The molecule has 1 aromatic carbocycles. The Labute approximate surface area is 108 Å². The third-order valence-corrected chi connectivity index (χ3v) is 3.52. The minimum atomic E-state index is 0.680. The van der Waals surface area contributed by atoms with Crippen molar-refractivity contribution in [1.29, 1.82) is 0 Å². The van der Waals surface area contributed by atoms with Crippen LogP contribution in [0, 0.1) is 5.92 Å². The van der Waals surface area contributed by atoms with E-state index in [1.165, 1.54) is 11.1 Å². The van der Waals surface area contributed by atoms with Gasteiger partial charge in [-0.25, -0.2) is 0 Å². The Hall–Kier alpha value is -1.61. The largest absolute Gasteiger partial charge is 0.369 e. The molecule has 2 aromatic rings. The highest BCUT2D eigenvalue weighted by atomic mass is 15.2. The Morgan fingerprint density at radius 1 is 1.33 bits per heavy atom. The third kappa shape index (κ3) is 2.31. The SMILES string of the molecule is CC1CNCCN(c2cnc3ccccc3c2)C1. The Morgan fingerprint density at radius 2 is 2.22 bits per heavy atom. The van der Waals surface area contributed by atoms with E-state index in [1.807, 2.05) is 12.3 Å². The quantitative estimate of drug-likeness (QED) is 0.830. The monoisotopic (exact) mass is 241 g/mol. The lowest BCUT2D eigenvalue weighted by molar-refractivity contribution is 0.564. The number of hydrogen-bond donors (Lipinski definition) is 1. The van der Waals surface area contributed by atoms with Crippen molar-refractivity contribution in [3.63, 3.8) is 0 Å². The summed E-state index contributed by atoms with van der Waals surface area (Å²) in [6, 6.07) is 10.5. The lowest BCUT2D eigenvalue weighted by atomic mass is 10.1. The second-order valence-electron chi connectivity index (χ2n) is 5.14. The van der Waals surface area contributed by atoms with Gasteiger partial charge in [0, 0.05) is 25.0 Å². The van der Waals surface area contributed by atoms with Gasteiger partial charge in [0.15, 0.2) is 0 Å². The fourth-order valence-electron chi connectivity index (χ4n) is 2.56. The molecule has 2 heterocycles. The van der Waals surface area contributed by atoms with E-state index in [1.54, 1.807) is 0 Å². The van der Waals surface area contributed by atoms with E-state index in [-0.39, 0.29) is 0 Å². The Balaban J connectivity index is 1.92. The summed E-state index contributed by atoms with van der Waals surface area (Å²) in [5, 5.41) is 4.69. The van der Waals surface area contributed by atoms with Gasteiger partial charge >= 0.3 is 0 Å². The molecule has 94 valence electrons. The van der Waals surface area contributed by atoms with E-state index in [0.717, 1.165) is 31.7 Å². The second-order valence-corrected chi connectivity index (χ2v) is 5.14. The minimum Gasteiger partial charge on any atom is -0.369 e. The van der Waals surface area contributed by atoms with Gasteiger partial charge < -0.3 is 10.2 Å². The fraction of sp³-hybridized carbons (Fsp3) is 0.400. The number of hydrogen-bond acceptors (Lipinski definition) is 3. The molecular weight excluding hydrogens is 222 g/mol. The van der Waals surface area contributed by atoms with Crippen molar-refractivity contribution in [2.75, 3.05) is 31.1 Å². The van der Waals surface area contributed by atoms with Gasteiger partial charge in [-0.1, -0.05) is 25.1 Å². The van der Waals surface area contributed by atoms with Gasteiger partial charge in [0.1, 0.15) is 0 Å². The number of para-hydroxylation sites is 1. The summed E-state index contributed by atoms with van der Waals surface area (Å²) in [7, 11) is 0. The van der Waals surface area contributed by atoms with Crippen LogP contribution in [-0.4, -0.2) is 31.2 Å². The zero-order valence-corrected chi connectivity index (χ0v) is 10.8. The average Bonchev–Trinajstić information content (AvgIpc) is 2.63. The number of rotatable bonds is 1. The third-order valence-electron chi connectivity index (χ3n) is 3.52. The van der Waals surface area contributed by atoms with E-state index < -0.39 is 0 Å². The molecule has 0 amide bonds. The summed E-state index contributed by atoms with van der Waals surface area (Å²) in [6.07, 6.45) is 2.00. The predicted molar refractivity (Wildman–Crippen MR) is 76.0 cm³/mol. The molecule has 3 nitrogen and oxygen atoms in total. The molecule has 1 fully saturated rings. The first-order chi connectivity index (χ1) is 8.83. The topological polar surface area (TPSA) is 28.2 Å². The first-order valence-electron chi connectivity index (χ1n) is 6.63. The summed E-state index contributed by atoms with van der Waals surface area (Å²) in [5.41, 5.74) is 2.31. The lowest BCUT2D eigenvalue weighted by Gasteiger charge is -2.24. The summed E-state index contributed by atoms with van der Waals surface area (Å²) in [6.45, 7) is 6.62. The van der Waals surface area contributed by atoms with Crippen LogP contribution in [0.25, 0.3) is 10.9 Å². The highest BCUT2D eigenvalue weighted by Crippen LogP contribution is 2.21. The van der Waals surface area contributed by atoms with Crippen LogP contribution >= 0.6 is 0 Å². The van der Waals surface area contributed by atoms with Crippen LogP contribution < -0.4 is 10.2 Å². The van der Waals surface area contributed by atoms with Crippen LogP contribution in [0.3, 0.4) is 0 Å². The molecule has 1 N–H and O–H groups in total. The van der Waals surface area contributed by atoms with Crippen molar-refractivity contribution in [2.24, 2.45) is 5.92 Å². The fourth-order valence-corrected chi connectivity index (χ4v) is 2.56. The van der Waals surface area contributed by atoms with Crippen LogP contribution in [0.5, 0.6) is 0 Å². The number of benzene rings is 1. The molecular formula is C15H19N3. The number of nitrogens with one attached hydrogen (secondary N) is 1. The van der Waals surface area contributed by atoms with Crippen LogP contribution in [-0.2, 0) is 0 Å². The molecule has 3 heteroatoms. The van der Waals surface area contributed by atoms with Crippen LogP contribution in [0.4, 0.5) is 5.69 Å². The maximum Gasteiger partial charge on any atom is 0.0703 e.